The minimum atomic E-state index is -0.665. The molecule has 0 radical (unpaired) electrons. The van der Waals surface area contributed by atoms with Crippen LogP contribution in [0.5, 0.6) is 0 Å². The molecule has 1 saturated heterocycles. The summed E-state index contributed by atoms with van der Waals surface area (Å²) in [4.78, 5) is 30.3. The molecule has 8 heteroatoms. The van der Waals surface area contributed by atoms with Gasteiger partial charge in [0.15, 0.2) is 0 Å². The first-order valence-electron chi connectivity index (χ1n) is 9.97. The van der Waals surface area contributed by atoms with E-state index >= 15 is 0 Å². The van der Waals surface area contributed by atoms with Crippen LogP contribution in [0, 0.1) is 6.92 Å². The van der Waals surface area contributed by atoms with Crippen molar-refractivity contribution in [3.63, 3.8) is 0 Å². The fraction of sp³-hybridized carbons (Fsp3) is 0.261. The Morgan fingerprint density at radius 1 is 1.16 bits per heavy atom. The van der Waals surface area contributed by atoms with Gasteiger partial charge in [0.2, 0.25) is 0 Å². The van der Waals surface area contributed by atoms with Crippen LogP contribution in [0.3, 0.4) is 0 Å². The van der Waals surface area contributed by atoms with E-state index in [1.165, 1.54) is 17.5 Å². The molecule has 1 atom stereocenters. The van der Waals surface area contributed by atoms with E-state index in [2.05, 4.69) is 5.10 Å². The van der Waals surface area contributed by atoms with Crippen molar-refractivity contribution in [2.75, 3.05) is 27.2 Å². The minimum absolute atomic E-state index is 0.113. The van der Waals surface area contributed by atoms with Gasteiger partial charge in [-0.05, 0) is 44.6 Å². The summed E-state index contributed by atoms with van der Waals surface area (Å²) in [5.74, 6) is -1.44. The topological polar surface area (TPSA) is 78.7 Å². The summed E-state index contributed by atoms with van der Waals surface area (Å²) < 4.78 is 1.71. The highest BCUT2D eigenvalue weighted by molar-refractivity contribution is 7.10. The summed E-state index contributed by atoms with van der Waals surface area (Å²) in [6.45, 7) is 2.83. The van der Waals surface area contributed by atoms with E-state index in [9.17, 15) is 14.7 Å². The number of aliphatic hydroxyl groups is 1. The Kier molecular flexibility index (Phi) is 5.75. The lowest BCUT2D eigenvalue weighted by atomic mass is 10.00. The number of ketones is 1. The van der Waals surface area contributed by atoms with Gasteiger partial charge in [0.25, 0.3) is 11.7 Å². The number of para-hydroxylation sites is 1. The molecule has 0 spiro atoms. The first-order valence-corrected chi connectivity index (χ1v) is 10.8. The molecule has 3 heterocycles. The van der Waals surface area contributed by atoms with Crippen LogP contribution < -0.4 is 0 Å². The predicted octanol–water partition coefficient (Wildman–Crippen LogP) is 3.23. The standard InChI is InChI=1S/C23H24N4O3S/c1-15-17(14-24-27(15)16-8-5-4-6-9-16)21(28)19-20(18-10-7-13-31-18)26(12-11-25(2)3)23(30)22(19)29/h4-10,13-14,20,28H,11-12H2,1-3H3/b21-19+/t20-/m1/s1. The molecule has 0 aliphatic carbocycles. The molecule has 4 rings (SSSR count). The zero-order valence-corrected chi connectivity index (χ0v) is 18.5. The van der Waals surface area contributed by atoms with Crippen molar-refractivity contribution in [3.8, 4) is 5.69 Å². The lowest BCUT2D eigenvalue weighted by molar-refractivity contribution is -0.140. The van der Waals surface area contributed by atoms with Gasteiger partial charge in [-0.1, -0.05) is 24.3 Å². The van der Waals surface area contributed by atoms with Gasteiger partial charge in [-0.3, -0.25) is 9.59 Å². The fourth-order valence-electron chi connectivity index (χ4n) is 3.78. The molecule has 0 unspecified atom stereocenters. The van der Waals surface area contributed by atoms with Crippen molar-refractivity contribution in [2.45, 2.75) is 13.0 Å². The summed E-state index contributed by atoms with van der Waals surface area (Å²) in [6.07, 6.45) is 1.54. The van der Waals surface area contributed by atoms with Crippen molar-refractivity contribution in [2.24, 2.45) is 0 Å². The maximum Gasteiger partial charge on any atom is 0.295 e. The largest absolute Gasteiger partial charge is 0.507 e. The Balaban J connectivity index is 1.81. The quantitative estimate of drug-likeness (QED) is 0.365. The van der Waals surface area contributed by atoms with E-state index < -0.39 is 17.7 Å². The van der Waals surface area contributed by atoms with Crippen LogP contribution in [0.2, 0.25) is 0 Å². The third-order valence-electron chi connectivity index (χ3n) is 5.41. The zero-order chi connectivity index (χ0) is 22.1. The normalized spacial score (nSPS) is 18.3. The second-order valence-corrected chi connectivity index (χ2v) is 8.68. The number of aliphatic hydroxyl groups excluding tert-OH is 1. The SMILES string of the molecule is Cc1c(/C(O)=C2\C(=O)C(=O)N(CCN(C)C)[C@@H]2c2cccs2)cnn1-c1ccccc1. The molecule has 2 aromatic heterocycles. The number of carbonyl (C=O) groups excluding carboxylic acids is 2. The molecule has 160 valence electrons. The van der Waals surface area contributed by atoms with Crippen LogP contribution in [0.1, 0.15) is 22.2 Å². The molecule has 1 aromatic carbocycles. The van der Waals surface area contributed by atoms with Gasteiger partial charge in [-0.25, -0.2) is 4.68 Å². The number of aromatic nitrogens is 2. The number of thiophene rings is 1. The third-order valence-corrected chi connectivity index (χ3v) is 6.33. The molecule has 31 heavy (non-hydrogen) atoms. The number of hydrogen-bond acceptors (Lipinski definition) is 6. The number of amides is 1. The van der Waals surface area contributed by atoms with Crippen molar-refractivity contribution >= 4 is 28.8 Å². The number of rotatable bonds is 6. The average molecular weight is 437 g/mol. The highest BCUT2D eigenvalue weighted by Gasteiger charge is 2.46. The van der Waals surface area contributed by atoms with Gasteiger partial charge < -0.3 is 14.9 Å². The van der Waals surface area contributed by atoms with Crippen molar-refractivity contribution in [1.82, 2.24) is 19.6 Å². The molecule has 1 amide bonds. The Morgan fingerprint density at radius 3 is 2.55 bits per heavy atom. The van der Waals surface area contributed by atoms with Crippen LogP contribution in [0.15, 0.2) is 59.6 Å². The van der Waals surface area contributed by atoms with Crippen molar-refractivity contribution < 1.29 is 14.7 Å². The number of Topliss-reactive ketones (excluding diaryl/α,β-unsaturated/α-hetero) is 1. The van der Waals surface area contributed by atoms with E-state index in [0.717, 1.165) is 10.6 Å². The van der Waals surface area contributed by atoms with E-state index in [1.54, 1.807) is 9.58 Å². The zero-order valence-electron chi connectivity index (χ0n) is 17.6. The Labute approximate surface area is 184 Å². The number of carbonyl (C=O) groups is 2. The smallest absolute Gasteiger partial charge is 0.295 e. The van der Waals surface area contributed by atoms with E-state index in [0.29, 0.717) is 24.3 Å². The van der Waals surface area contributed by atoms with Crippen molar-refractivity contribution in [1.29, 1.82) is 0 Å². The third kappa shape index (κ3) is 3.80. The molecule has 0 bridgehead atoms. The molecular weight excluding hydrogens is 412 g/mol. The molecule has 3 aromatic rings. The lowest BCUT2D eigenvalue weighted by Crippen LogP contribution is -2.35. The molecule has 1 N–H and O–H groups in total. The lowest BCUT2D eigenvalue weighted by Gasteiger charge is -2.25. The highest BCUT2D eigenvalue weighted by Crippen LogP contribution is 2.41. The van der Waals surface area contributed by atoms with Crippen LogP contribution in [0.4, 0.5) is 0 Å². The number of nitrogens with zero attached hydrogens (tertiary/aromatic N) is 4. The second-order valence-electron chi connectivity index (χ2n) is 7.70. The van der Waals surface area contributed by atoms with Crippen molar-refractivity contribution in [3.05, 3.63) is 75.7 Å². The first kappa shape index (κ1) is 21.0. The van der Waals surface area contributed by atoms with E-state index in [-0.39, 0.29) is 11.3 Å². The molecular formula is C23H24N4O3S. The van der Waals surface area contributed by atoms with Gasteiger partial charge in [-0.15, -0.1) is 11.3 Å². The van der Waals surface area contributed by atoms with Gasteiger partial charge in [0.1, 0.15) is 5.76 Å². The predicted molar refractivity (Wildman–Crippen MR) is 120 cm³/mol. The molecule has 0 saturated carbocycles. The number of likely N-dealkylation sites (N-methyl/N-ethyl adjacent to an activating group) is 1. The van der Waals surface area contributed by atoms with Gasteiger partial charge in [-0.2, -0.15) is 5.10 Å². The van der Waals surface area contributed by atoms with Crippen LogP contribution in [-0.4, -0.2) is 63.6 Å². The molecule has 1 aliphatic rings. The number of benzene rings is 1. The van der Waals surface area contributed by atoms with Gasteiger partial charge >= 0.3 is 0 Å². The average Bonchev–Trinajstić information content (AvgIpc) is 3.47. The van der Waals surface area contributed by atoms with Gasteiger partial charge in [0.05, 0.1) is 34.8 Å². The van der Waals surface area contributed by atoms with E-state index in [1.807, 2.05) is 73.8 Å². The summed E-state index contributed by atoms with van der Waals surface area (Å²) in [6, 6.07) is 12.7. The summed E-state index contributed by atoms with van der Waals surface area (Å²) in [7, 11) is 3.83. The summed E-state index contributed by atoms with van der Waals surface area (Å²) in [5, 5.41) is 17.5. The number of hydrogen-bond donors (Lipinski definition) is 1. The summed E-state index contributed by atoms with van der Waals surface area (Å²) in [5.41, 5.74) is 2.09. The maximum atomic E-state index is 13.0. The van der Waals surface area contributed by atoms with Crippen LogP contribution in [-0.2, 0) is 9.59 Å². The molecule has 7 nitrogen and oxygen atoms in total. The summed E-state index contributed by atoms with van der Waals surface area (Å²) >= 11 is 1.46. The Bertz CT molecular complexity index is 1130. The van der Waals surface area contributed by atoms with Gasteiger partial charge in [0, 0.05) is 18.0 Å². The van der Waals surface area contributed by atoms with Crippen LogP contribution in [0.25, 0.3) is 11.4 Å². The fourth-order valence-corrected chi connectivity index (χ4v) is 4.62. The Hall–Kier alpha value is -3.23. The van der Waals surface area contributed by atoms with E-state index in [4.69, 9.17) is 0 Å². The first-order chi connectivity index (χ1) is 14.9. The molecule has 1 aliphatic heterocycles. The number of likely N-dealkylation sites (tertiary alicyclic amines) is 1. The Morgan fingerprint density at radius 2 is 1.90 bits per heavy atom. The molecule has 1 fully saturated rings. The highest BCUT2D eigenvalue weighted by atomic mass is 32.1. The van der Waals surface area contributed by atoms with Crippen LogP contribution >= 0.6 is 11.3 Å². The monoisotopic (exact) mass is 436 g/mol. The minimum Gasteiger partial charge on any atom is -0.507 e. The second kappa shape index (κ2) is 8.49. The maximum absolute atomic E-state index is 13.0.